The molecule has 0 atom stereocenters. The normalized spacial score (nSPS) is 12.8. The maximum atomic E-state index is 13.1. The first kappa shape index (κ1) is 16.2. The molecule has 0 saturated carbocycles. The second-order valence-corrected chi connectivity index (χ2v) is 5.24. The predicted molar refractivity (Wildman–Crippen MR) is 68.9 cm³/mol. The first-order chi connectivity index (χ1) is 9.53. The highest BCUT2D eigenvalue weighted by atomic mass is 79.9. The number of alkyl halides is 6. The summed E-state index contributed by atoms with van der Waals surface area (Å²) < 4.78 is 77.1. The van der Waals surface area contributed by atoms with Gasteiger partial charge in [-0.3, -0.25) is 0 Å². The molecule has 1 aromatic heterocycles. The third-order valence-corrected chi connectivity index (χ3v) is 3.59. The van der Waals surface area contributed by atoms with Crippen LogP contribution in [0.25, 0.3) is 11.3 Å². The Bertz CT molecular complexity index is 673. The van der Waals surface area contributed by atoms with Gasteiger partial charge in [0.15, 0.2) is 0 Å². The third kappa shape index (κ3) is 3.06. The number of aromatic nitrogens is 1. The standard InChI is InChI=1S/C12H5BrClF6N/c13-10-8(12(18,19)20)7(11(15,16)17)9(21-10)5-3-1-2-4-6(5)14/h1-4,21H. The SMILES string of the molecule is FC(F)(F)c1c(Br)[nH]c(-c2ccccc2Cl)c1C(F)(F)F. The van der Waals surface area contributed by atoms with Crippen molar-refractivity contribution >= 4 is 27.5 Å². The van der Waals surface area contributed by atoms with Crippen molar-refractivity contribution in [2.45, 2.75) is 12.4 Å². The molecule has 0 saturated heterocycles. The third-order valence-electron chi connectivity index (χ3n) is 2.66. The second kappa shape index (κ2) is 5.24. The Morgan fingerprint density at radius 3 is 1.90 bits per heavy atom. The van der Waals surface area contributed by atoms with E-state index < -0.39 is 33.8 Å². The number of aromatic amines is 1. The van der Waals surface area contributed by atoms with E-state index in [1.165, 1.54) is 24.3 Å². The Labute approximate surface area is 128 Å². The summed E-state index contributed by atoms with van der Waals surface area (Å²) in [5, 5.41) is -0.0922. The second-order valence-electron chi connectivity index (χ2n) is 4.04. The van der Waals surface area contributed by atoms with Crippen molar-refractivity contribution in [2.75, 3.05) is 0 Å². The average Bonchev–Trinajstić information content (AvgIpc) is 2.66. The molecule has 0 unspecified atom stereocenters. The highest BCUT2D eigenvalue weighted by molar-refractivity contribution is 9.10. The van der Waals surface area contributed by atoms with Gasteiger partial charge in [-0.2, -0.15) is 26.3 Å². The minimum absolute atomic E-state index is 0.0922. The summed E-state index contributed by atoms with van der Waals surface area (Å²) in [6.07, 6.45) is -10.4. The molecule has 1 heterocycles. The number of benzene rings is 1. The maximum Gasteiger partial charge on any atom is 0.419 e. The first-order valence-corrected chi connectivity index (χ1v) is 6.51. The van der Waals surface area contributed by atoms with E-state index in [1.807, 2.05) is 0 Å². The average molecular weight is 393 g/mol. The molecule has 0 amide bonds. The van der Waals surface area contributed by atoms with Crippen LogP contribution in [0.4, 0.5) is 26.3 Å². The Morgan fingerprint density at radius 2 is 1.43 bits per heavy atom. The van der Waals surface area contributed by atoms with Crippen LogP contribution in [-0.4, -0.2) is 4.98 Å². The van der Waals surface area contributed by atoms with Gasteiger partial charge in [-0.25, -0.2) is 0 Å². The molecular weight excluding hydrogens is 387 g/mol. The van der Waals surface area contributed by atoms with Crippen molar-refractivity contribution in [1.29, 1.82) is 0 Å². The Hall–Kier alpha value is -1.15. The lowest BCUT2D eigenvalue weighted by atomic mass is 10.0. The summed E-state index contributed by atoms with van der Waals surface area (Å²) in [4.78, 5) is 2.08. The van der Waals surface area contributed by atoms with E-state index in [2.05, 4.69) is 20.9 Å². The lowest BCUT2D eigenvalue weighted by Crippen LogP contribution is -2.15. The number of hydrogen-bond donors (Lipinski definition) is 1. The molecule has 0 fully saturated rings. The van der Waals surface area contributed by atoms with Crippen molar-refractivity contribution in [1.82, 2.24) is 4.98 Å². The number of halogens is 8. The molecule has 0 spiro atoms. The molecule has 0 aliphatic heterocycles. The van der Waals surface area contributed by atoms with Gasteiger partial charge in [0.05, 0.1) is 15.9 Å². The van der Waals surface area contributed by atoms with Gasteiger partial charge in [0.1, 0.15) is 5.56 Å². The fourth-order valence-corrected chi connectivity index (χ4v) is 2.74. The minimum Gasteiger partial charge on any atom is -0.348 e. The van der Waals surface area contributed by atoms with Crippen LogP contribution >= 0.6 is 27.5 Å². The van der Waals surface area contributed by atoms with Crippen molar-refractivity contribution < 1.29 is 26.3 Å². The van der Waals surface area contributed by atoms with Gasteiger partial charge < -0.3 is 4.98 Å². The molecule has 21 heavy (non-hydrogen) atoms. The van der Waals surface area contributed by atoms with Gasteiger partial charge in [-0.1, -0.05) is 29.8 Å². The van der Waals surface area contributed by atoms with Gasteiger partial charge in [0.2, 0.25) is 0 Å². The van der Waals surface area contributed by atoms with Crippen LogP contribution in [0.15, 0.2) is 28.9 Å². The highest BCUT2D eigenvalue weighted by Gasteiger charge is 2.48. The number of hydrogen-bond acceptors (Lipinski definition) is 0. The quantitative estimate of drug-likeness (QED) is 0.562. The molecule has 0 aliphatic carbocycles. The highest BCUT2D eigenvalue weighted by Crippen LogP contribution is 2.49. The maximum absolute atomic E-state index is 13.1. The van der Waals surface area contributed by atoms with Crippen LogP contribution in [-0.2, 0) is 12.4 Å². The molecule has 0 bridgehead atoms. The van der Waals surface area contributed by atoms with Gasteiger partial charge in [-0.15, -0.1) is 0 Å². The molecule has 1 aromatic carbocycles. The summed E-state index contributed by atoms with van der Waals surface area (Å²) in [5.74, 6) is 0. The number of H-pyrrole nitrogens is 1. The fraction of sp³-hybridized carbons (Fsp3) is 0.167. The van der Waals surface area contributed by atoms with Crippen molar-refractivity contribution in [3.05, 3.63) is 45.0 Å². The molecule has 2 aromatic rings. The first-order valence-electron chi connectivity index (χ1n) is 5.34. The summed E-state index contributed by atoms with van der Waals surface area (Å²) in [6, 6.07) is 5.33. The van der Waals surface area contributed by atoms with Crippen molar-refractivity contribution in [3.63, 3.8) is 0 Å². The van der Waals surface area contributed by atoms with Gasteiger partial charge in [0.25, 0.3) is 0 Å². The van der Waals surface area contributed by atoms with E-state index in [9.17, 15) is 26.3 Å². The van der Waals surface area contributed by atoms with Crippen LogP contribution in [0.2, 0.25) is 5.02 Å². The molecule has 114 valence electrons. The molecule has 9 heteroatoms. The van der Waals surface area contributed by atoms with Gasteiger partial charge in [-0.05, 0) is 22.0 Å². The molecule has 1 nitrogen and oxygen atoms in total. The molecular formula is C12H5BrClF6N. The fourth-order valence-electron chi connectivity index (χ4n) is 1.89. The zero-order valence-electron chi connectivity index (χ0n) is 9.83. The van der Waals surface area contributed by atoms with E-state index in [0.717, 1.165) is 0 Å². The van der Waals surface area contributed by atoms with Crippen LogP contribution in [0.5, 0.6) is 0 Å². The Balaban J connectivity index is 2.84. The number of rotatable bonds is 1. The smallest absolute Gasteiger partial charge is 0.348 e. The van der Waals surface area contributed by atoms with Gasteiger partial charge >= 0.3 is 12.4 Å². The lowest BCUT2D eigenvalue weighted by Gasteiger charge is -2.14. The van der Waals surface area contributed by atoms with Crippen LogP contribution in [0, 0.1) is 0 Å². The van der Waals surface area contributed by atoms with E-state index in [4.69, 9.17) is 11.6 Å². The summed E-state index contributed by atoms with van der Waals surface area (Å²) in [5.41, 5.74) is -4.49. The zero-order chi connectivity index (χ0) is 16.0. The van der Waals surface area contributed by atoms with E-state index in [1.54, 1.807) is 0 Å². The lowest BCUT2D eigenvalue weighted by molar-refractivity contribution is -0.161. The van der Waals surface area contributed by atoms with Crippen LogP contribution in [0.3, 0.4) is 0 Å². The van der Waals surface area contributed by atoms with E-state index in [0.29, 0.717) is 0 Å². The van der Waals surface area contributed by atoms with Crippen molar-refractivity contribution in [2.24, 2.45) is 0 Å². The number of nitrogens with one attached hydrogen (secondary N) is 1. The summed E-state index contributed by atoms with van der Waals surface area (Å²) >= 11 is 8.27. The Kier molecular flexibility index (Phi) is 4.05. The Morgan fingerprint density at radius 1 is 0.905 bits per heavy atom. The molecule has 0 aliphatic rings. The summed E-state index contributed by atoms with van der Waals surface area (Å²) in [7, 11) is 0. The van der Waals surface area contributed by atoms with E-state index in [-0.39, 0.29) is 10.6 Å². The predicted octanol–water partition coefficient (Wildman–Crippen LogP) is 6.14. The molecule has 2 rings (SSSR count). The monoisotopic (exact) mass is 391 g/mol. The molecule has 0 radical (unpaired) electrons. The largest absolute Gasteiger partial charge is 0.419 e. The minimum atomic E-state index is -5.19. The molecule has 1 N–H and O–H groups in total. The van der Waals surface area contributed by atoms with Crippen LogP contribution in [0.1, 0.15) is 11.1 Å². The topological polar surface area (TPSA) is 15.8 Å². The van der Waals surface area contributed by atoms with Gasteiger partial charge in [0, 0.05) is 10.6 Å². The van der Waals surface area contributed by atoms with Crippen LogP contribution < -0.4 is 0 Å². The summed E-state index contributed by atoms with van der Waals surface area (Å²) in [6.45, 7) is 0. The zero-order valence-corrected chi connectivity index (χ0v) is 12.2. The van der Waals surface area contributed by atoms with Crippen molar-refractivity contribution in [3.8, 4) is 11.3 Å². The van der Waals surface area contributed by atoms with E-state index >= 15 is 0 Å².